The molecule has 0 amide bonds. The topological polar surface area (TPSA) is 43.6 Å². The highest BCUT2D eigenvalue weighted by atomic mass is 15.2. The molecule has 4 heteroatoms. The van der Waals surface area contributed by atoms with Crippen LogP contribution < -0.4 is 0 Å². The lowest BCUT2D eigenvalue weighted by atomic mass is 9.81. The van der Waals surface area contributed by atoms with Crippen LogP contribution in [0.1, 0.15) is 25.0 Å². The van der Waals surface area contributed by atoms with Gasteiger partial charge in [-0.05, 0) is 71.8 Å². The molecule has 2 heterocycles. The van der Waals surface area contributed by atoms with E-state index in [0.29, 0.717) is 17.6 Å². The van der Waals surface area contributed by atoms with Gasteiger partial charge in [-0.1, -0.05) is 202 Å². The lowest BCUT2D eigenvalue weighted by Gasteiger charge is -2.23. The van der Waals surface area contributed by atoms with Gasteiger partial charge in [-0.2, -0.15) is 9.97 Å². The molecule has 1 aliphatic carbocycles. The molecular weight excluding hydrogens is 753 g/mol. The molecule has 290 valence electrons. The summed E-state index contributed by atoms with van der Waals surface area (Å²) in [6, 6.07) is 69.8. The largest absolute Gasteiger partial charge is 0.277 e. The standard InChI is InChI=1S/C58H38N4/c1-58(2)48-31-16-15-26-41(48)46-32-33-47-50-45-30-14-13-29-44(45)49-42-27-11-9-24-39(42)40-25-10-12-28-43(40)51(49)54(50)62(53(47)52(46)58)57-60-55(36-20-7-4-8-21-36)59-56(61-57)38-23-17-22-37(34-38)35-18-5-3-6-19-35/h3-34H,1-2H3. The molecule has 10 aromatic carbocycles. The Hall–Kier alpha value is -7.95. The number of nitrogens with zero attached hydrogens (tertiary/aromatic N) is 4. The van der Waals surface area contributed by atoms with E-state index in [0.717, 1.165) is 33.3 Å². The van der Waals surface area contributed by atoms with E-state index in [1.54, 1.807) is 0 Å². The number of hydrogen-bond acceptors (Lipinski definition) is 3. The van der Waals surface area contributed by atoms with E-state index < -0.39 is 0 Å². The Bertz CT molecular complexity index is 3830. The van der Waals surface area contributed by atoms with E-state index in [1.165, 1.54) is 76.1 Å². The average molecular weight is 791 g/mol. The van der Waals surface area contributed by atoms with Gasteiger partial charge in [0.05, 0.1) is 11.0 Å². The van der Waals surface area contributed by atoms with Crippen molar-refractivity contribution in [1.82, 2.24) is 19.5 Å². The maximum atomic E-state index is 5.60. The van der Waals surface area contributed by atoms with Crippen molar-refractivity contribution in [3.05, 3.63) is 205 Å². The van der Waals surface area contributed by atoms with Gasteiger partial charge in [0.15, 0.2) is 11.6 Å². The Labute approximate surface area is 358 Å². The zero-order valence-electron chi connectivity index (χ0n) is 34.3. The predicted octanol–water partition coefficient (Wildman–Crippen LogP) is 14.9. The Balaban J connectivity index is 1.27. The lowest BCUT2D eigenvalue weighted by molar-refractivity contribution is 0.663. The molecule has 0 saturated carbocycles. The first-order chi connectivity index (χ1) is 30.5. The highest BCUT2D eigenvalue weighted by Gasteiger charge is 2.39. The molecule has 13 rings (SSSR count). The molecule has 0 atom stereocenters. The number of benzene rings is 10. The van der Waals surface area contributed by atoms with Crippen LogP contribution in [0.3, 0.4) is 0 Å². The molecule has 0 unspecified atom stereocenters. The second-order valence-electron chi connectivity index (χ2n) is 17.1. The van der Waals surface area contributed by atoms with Gasteiger partial charge < -0.3 is 0 Å². The van der Waals surface area contributed by atoms with Crippen LogP contribution in [-0.4, -0.2) is 19.5 Å². The minimum atomic E-state index is -0.319. The summed E-state index contributed by atoms with van der Waals surface area (Å²) in [5.74, 6) is 1.84. The molecule has 0 aliphatic heterocycles. The first-order valence-electron chi connectivity index (χ1n) is 21.4. The monoisotopic (exact) mass is 790 g/mol. The molecule has 0 bridgehead atoms. The highest BCUT2D eigenvalue weighted by molar-refractivity contribution is 6.42. The van der Waals surface area contributed by atoms with E-state index in [9.17, 15) is 0 Å². The minimum Gasteiger partial charge on any atom is -0.277 e. The van der Waals surface area contributed by atoms with Gasteiger partial charge in [-0.15, -0.1) is 0 Å². The third-order valence-electron chi connectivity index (χ3n) is 13.4. The molecular formula is C58H38N4. The van der Waals surface area contributed by atoms with Crippen LogP contribution in [0, 0.1) is 0 Å². The van der Waals surface area contributed by atoms with E-state index in [1.807, 2.05) is 6.07 Å². The fourth-order valence-corrected chi connectivity index (χ4v) is 10.7. The maximum absolute atomic E-state index is 5.60. The third-order valence-corrected chi connectivity index (χ3v) is 13.4. The normalized spacial score (nSPS) is 13.1. The number of aromatic nitrogens is 4. The summed E-state index contributed by atoms with van der Waals surface area (Å²) in [6.07, 6.45) is 0. The summed E-state index contributed by atoms with van der Waals surface area (Å²) in [5, 5.41) is 12.2. The van der Waals surface area contributed by atoms with Gasteiger partial charge in [0.1, 0.15) is 0 Å². The van der Waals surface area contributed by atoms with Crippen molar-refractivity contribution in [2.75, 3.05) is 0 Å². The van der Waals surface area contributed by atoms with Crippen molar-refractivity contribution in [2.45, 2.75) is 19.3 Å². The molecule has 0 fully saturated rings. The van der Waals surface area contributed by atoms with Crippen molar-refractivity contribution >= 4 is 64.9 Å². The quantitative estimate of drug-likeness (QED) is 0.167. The molecule has 1 aliphatic rings. The number of fused-ring (bicyclic) bond motifs is 17. The average Bonchev–Trinajstić information content (AvgIpc) is 3.80. The number of hydrogen-bond donors (Lipinski definition) is 0. The predicted molar refractivity (Wildman–Crippen MR) is 258 cm³/mol. The van der Waals surface area contributed by atoms with Crippen molar-refractivity contribution in [1.29, 1.82) is 0 Å². The first-order valence-corrected chi connectivity index (χ1v) is 21.4. The van der Waals surface area contributed by atoms with Crippen LogP contribution in [0.2, 0.25) is 0 Å². The molecule has 0 spiro atoms. The molecule has 0 saturated heterocycles. The lowest BCUT2D eigenvalue weighted by Crippen LogP contribution is -2.17. The Morgan fingerprint density at radius 3 is 1.56 bits per heavy atom. The summed E-state index contributed by atoms with van der Waals surface area (Å²) in [7, 11) is 0. The van der Waals surface area contributed by atoms with Gasteiger partial charge in [0.25, 0.3) is 0 Å². The van der Waals surface area contributed by atoms with Gasteiger partial charge in [0, 0.05) is 38.1 Å². The molecule has 0 radical (unpaired) electrons. The van der Waals surface area contributed by atoms with Crippen LogP contribution in [0.25, 0.3) is 116 Å². The van der Waals surface area contributed by atoms with Crippen LogP contribution in [0.4, 0.5) is 0 Å². The fraction of sp³-hybridized carbons (Fsp3) is 0.0517. The van der Waals surface area contributed by atoms with E-state index in [2.05, 4.69) is 206 Å². The summed E-state index contributed by atoms with van der Waals surface area (Å²) >= 11 is 0. The van der Waals surface area contributed by atoms with Crippen molar-refractivity contribution in [3.8, 4) is 51.0 Å². The molecule has 0 N–H and O–H groups in total. The van der Waals surface area contributed by atoms with Gasteiger partial charge in [-0.3, -0.25) is 4.57 Å². The zero-order valence-corrected chi connectivity index (χ0v) is 34.3. The van der Waals surface area contributed by atoms with E-state index in [4.69, 9.17) is 15.0 Å². The van der Waals surface area contributed by atoms with Crippen LogP contribution in [0.15, 0.2) is 194 Å². The van der Waals surface area contributed by atoms with E-state index in [-0.39, 0.29) is 5.41 Å². The van der Waals surface area contributed by atoms with Crippen LogP contribution >= 0.6 is 0 Å². The first kappa shape index (κ1) is 34.9. The Kier molecular flexibility index (Phi) is 7.32. The van der Waals surface area contributed by atoms with E-state index >= 15 is 0 Å². The summed E-state index contributed by atoms with van der Waals surface area (Å²) in [5.41, 5.74) is 11.2. The Morgan fingerprint density at radius 2 is 0.871 bits per heavy atom. The van der Waals surface area contributed by atoms with Crippen molar-refractivity contribution in [2.24, 2.45) is 0 Å². The van der Waals surface area contributed by atoms with Crippen LogP contribution in [0.5, 0.6) is 0 Å². The fourth-order valence-electron chi connectivity index (χ4n) is 10.7. The zero-order chi connectivity index (χ0) is 41.1. The molecule has 4 nitrogen and oxygen atoms in total. The van der Waals surface area contributed by atoms with Gasteiger partial charge in [0.2, 0.25) is 5.95 Å². The van der Waals surface area contributed by atoms with Gasteiger partial charge >= 0.3 is 0 Å². The summed E-state index contributed by atoms with van der Waals surface area (Å²) in [6.45, 7) is 4.75. The Morgan fingerprint density at radius 1 is 0.355 bits per heavy atom. The van der Waals surface area contributed by atoms with Crippen LogP contribution in [-0.2, 0) is 5.41 Å². The summed E-state index contributed by atoms with van der Waals surface area (Å²) in [4.78, 5) is 16.4. The minimum absolute atomic E-state index is 0.319. The smallest absolute Gasteiger partial charge is 0.238 e. The van der Waals surface area contributed by atoms with Gasteiger partial charge in [-0.25, -0.2) is 4.98 Å². The second kappa shape index (κ2) is 13.0. The number of rotatable bonds is 4. The third kappa shape index (κ3) is 4.86. The van der Waals surface area contributed by atoms with Crippen molar-refractivity contribution in [3.63, 3.8) is 0 Å². The molecule has 2 aromatic heterocycles. The molecule has 12 aromatic rings. The highest BCUT2D eigenvalue weighted by Crippen LogP contribution is 2.55. The molecule has 62 heavy (non-hydrogen) atoms. The second-order valence-corrected chi connectivity index (χ2v) is 17.1. The van der Waals surface area contributed by atoms with Crippen molar-refractivity contribution < 1.29 is 0 Å². The SMILES string of the molecule is CC1(C)c2ccccc2-c2ccc3c4c5ccccc5c5c6ccccc6c6ccccc6c5c4n(-c4nc(-c5ccccc5)nc(-c5cccc(-c6ccccc6)c5)n4)c3c21. The maximum Gasteiger partial charge on any atom is 0.238 e. The summed E-state index contributed by atoms with van der Waals surface area (Å²) < 4.78 is 2.42.